The predicted molar refractivity (Wildman–Crippen MR) is 94.7 cm³/mol. The van der Waals surface area contributed by atoms with E-state index in [4.69, 9.17) is 0 Å². The summed E-state index contributed by atoms with van der Waals surface area (Å²) >= 11 is 0. The summed E-state index contributed by atoms with van der Waals surface area (Å²) in [5.41, 5.74) is 3.94. The van der Waals surface area contributed by atoms with E-state index in [-0.39, 0.29) is 18.3 Å². The first-order chi connectivity index (χ1) is 10.7. The second-order valence-electron chi connectivity index (χ2n) is 6.43. The van der Waals surface area contributed by atoms with Crippen LogP contribution in [0.4, 0.5) is 0 Å². The van der Waals surface area contributed by atoms with Crippen molar-refractivity contribution < 1.29 is 4.79 Å². The van der Waals surface area contributed by atoms with E-state index < -0.39 is 5.41 Å². The lowest BCUT2D eigenvalue weighted by molar-refractivity contribution is -0.133. The van der Waals surface area contributed by atoms with Crippen LogP contribution < -0.4 is 10.7 Å². The molecule has 0 atom stereocenters. The summed E-state index contributed by atoms with van der Waals surface area (Å²) < 4.78 is 0. The third kappa shape index (κ3) is 4.04. The molecule has 1 aromatic carbocycles. The van der Waals surface area contributed by atoms with Crippen LogP contribution in [-0.4, -0.2) is 62.1 Å². The Kier molecular flexibility index (Phi) is 6.41. The van der Waals surface area contributed by atoms with E-state index in [1.54, 1.807) is 0 Å². The van der Waals surface area contributed by atoms with Gasteiger partial charge in [-0.2, -0.15) is 0 Å². The van der Waals surface area contributed by atoms with Gasteiger partial charge < -0.3 is 10.2 Å². The number of hydrogen-bond donors (Lipinski definition) is 2. The maximum absolute atomic E-state index is 13.1. The number of carbonyl (C=O) groups is 1. The highest BCUT2D eigenvalue weighted by atomic mass is 35.5. The van der Waals surface area contributed by atoms with Gasteiger partial charge in [-0.15, -0.1) is 12.4 Å². The fourth-order valence-corrected chi connectivity index (χ4v) is 3.43. The average Bonchev–Trinajstić information content (AvgIpc) is 2.58. The first-order valence-corrected chi connectivity index (χ1v) is 8.21. The minimum Gasteiger partial charge on any atom is -0.317 e. The number of hydrazine groups is 1. The van der Waals surface area contributed by atoms with Gasteiger partial charge in [0.05, 0.1) is 5.41 Å². The molecule has 1 aromatic rings. The number of halogens is 1. The van der Waals surface area contributed by atoms with Crippen LogP contribution in [0.1, 0.15) is 18.4 Å². The Morgan fingerprint density at radius 3 is 2.30 bits per heavy atom. The molecule has 2 heterocycles. The van der Waals surface area contributed by atoms with Gasteiger partial charge in [0.25, 0.3) is 0 Å². The molecule has 0 unspecified atom stereocenters. The van der Waals surface area contributed by atoms with Crippen LogP contribution in [0.5, 0.6) is 0 Å². The second kappa shape index (κ2) is 8.11. The van der Waals surface area contributed by atoms with Crippen LogP contribution >= 0.6 is 12.4 Å². The monoisotopic (exact) mass is 338 g/mol. The molecule has 3 rings (SSSR count). The summed E-state index contributed by atoms with van der Waals surface area (Å²) in [6.45, 7) is 5.58. The van der Waals surface area contributed by atoms with Crippen molar-refractivity contribution in [1.29, 1.82) is 0 Å². The number of nitrogens with zero attached hydrogens (tertiary/aromatic N) is 2. The van der Waals surface area contributed by atoms with Crippen molar-refractivity contribution in [3.8, 4) is 0 Å². The van der Waals surface area contributed by atoms with E-state index >= 15 is 0 Å². The van der Waals surface area contributed by atoms with Crippen molar-refractivity contribution in [3.63, 3.8) is 0 Å². The number of piperazine rings is 1. The number of amides is 1. The molecule has 2 saturated heterocycles. The van der Waals surface area contributed by atoms with E-state index in [1.165, 1.54) is 0 Å². The van der Waals surface area contributed by atoms with Crippen molar-refractivity contribution in [2.75, 3.05) is 46.3 Å². The quantitative estimate of drug-likeness (QED) is 0.863. The first kappa shape index (κ1) is 18.2. The van der Waals surface area contributed by atoms with Gasteiger partial charge in [0.15, 0.2) is 0 Å². The molecular formula is C17H27ClN4O. The zero-order valence-corrected chi connectivity index (χ0v) is 14.6. The van der Waals surface area contributed by atoms with Crippen molar-refractivity contribution in [2.24, 2.45) is 0 Å². The Bertz CT molecular complexity index is 497. The Balaban J connectivity index is 0.00000192. The predicted octanol–water partition coefficient (Wildman–Crippen LogP) is 1.01. The molecule has 2 aliphatic heterocycles. The third-order valence-corrected chi connectivity index (χ3v) is 4.98. The van der Waals surface area contributed by atoms with E-state index in [1.807, 2.05) is 18.2 Å². The molecule has 5 nitrogen and oxygen atoms in total. The van der Waals surface area contributed by atoms with E-state index in [9.17, 15) is 4.79 Å². The highest BCUT2D eigenvalue weighted by molar-refractivity contribution is 5.88. The van der Waals surface area contributed by atoms with E-state index in [0.29, 0.717) is 0 Å². The topological polar surface area (TPSA) is 47.6 Å². The number of rotatable bonds is 3. The Morgan fingerprint density at radius 1 is 1.09 bits per heavy atom. The van der Waals surface area contributed by atoms with Crippen molar-refractivity contribution in [1.82, 2.24) is 20.7 Å². The van der Waals surface area contributed by atoms with Crippen molar-refractivity contribution >= 4 is 18.3 Å². The molecule has 1 amide bonds. The Hall–Kier alpha value is -1.14. The van der Waals surface area contributed by atoms with Crippen LogP contribution in [0.3, 0.4) is 0 Å². The van der Waals surface area contributed by atoms with Gasteiger partial charge in [-0.05, 0) is 38.5 Å². The van der Waals surface area contributed by atoms with Gasteiger partial charge in [-0.25, -0.2) is 5.01 Å². The Labute approximate surface area is 144 Å². The van der Waals surface area contributed by atoms with Gasteiger partial charge in [0.1, 0.15) is 0 Å². The highest BCUT2D eigenvalue weighted by Gasteiger charge is 2.41. The third-order valence-electron chi connectivity index (χ3n) is 4.98. The zero-order chi connectivity index (χ0) is 15.4. The lowest BCUT2D eigenvalue weighted by atomic mass is 9.72. The summed E-state index contributed by atoms with van der Waals surface area (Å²) in [7, 11) is 2.12. The molecule has 2 N–H and O–H groups in total. The second-order valence-corrected chi connectivity index (χ2v) is 6.43. The average molecular weight is 339 g/mol. The molecular weight excluding hydrogens is 312 g/mol. The molecule has 2 aliphatic rings. The van der Waals surface area contributed by atoms with E-state index in [0.717, 1.165) is 57.7 Å². The van der Waals surface area contributed by atoms with Crippen LogP contribution in [0, 0.1) is 0 Å². The molecule has 0 saturated carbocycles. The van der Waals surface area contributed by atoms with Crippen LogP contribution in [0.25, 0.3) is 0 Å². The van der Waals surface area contributed by atoms with Crippen LogP contribution in [0.2, 0.25) is 0 Å². The minimum atomic E-state index is -0.393. The molecule has 0 spiro atoms. The maximum atomic E-state index is 13.1. The number of carbonyl (C=O) groups excluding carboxylic acids is 1. The number of likely N-dealkylation sites (N-methyl/N-ethyl adjacent to an activating group) is 1. The van der Waals surface area contributed by atoms with Gasteiger partial charge in [-0.3, -0.25) is 10.2 Å². The molecule has 2 fully saturated rings. The maximum Gasteiger partial charge on any atom is 0.245 e. The molecule has 0 bridgehead atoms. The summed E-state index contributed by atoms with van der Waals surface area (Å²) in [6, 6.07) is 10.3. The molecule has 6 heteroatoms. The lowest BCUT2D eigenvalue weighted by Crippen LogP contribution is -2.58. The minimum absolute atomic E-state index is 0. The highest BCUT2D eigenvalue weighted by Crippen LogP contribution is 2.33. The van der Waals surface area contributed by atoms with Crippen molar-refractivity contribution in [3.05, 3.63) is 35.9 Å². The van der Waals surface area contributed by atoms with E-state index in [2.05, 4.69) is 39.8 Å². The molecule has 0 aromatic heterocycles. The standard InChI is InChI=1S/C17H26N4O.ClH/c1-20-11-13-21(14-12-20)19-16(22)17(7-9-18-10-8-17)15-5-3-2-4-6-15;/h2-6,18H,7-14H2,1H3,(H,19,22);1H. The summed E-state index contributed by atoms with van der Waals surface area (Å²) in [5, 5.41) is 5.45. The number of hydrogen-bond acceptors (Lipinski definition) is 4. The smallest absolute Gasteiger partial charge is 0.245 e. The summed E-state index contributed by atoms with van der Waals surface area (Å²) in [5.74, 6) is 0.157. The molecule has 0 radical (unpaired) electrons. The van der Waals surface area contributed by atoms with Gasteiger partial charge in [-0.1, -0.05) is 30.3 Å². The molecule has 23 heavy (non-hydrogen) atoms. The fraction of sp³-hybridized carbons (Fsp3) is 0.588. The summed E-state index contributed by atoms with van der Waals surface area (Å²) in [4.78, 5) is 15.4. The fourth-order valence-electron chi connectivity index (χ4n) is 3.43. The lowest BCUT2D eigenvalue weighted by Gasteiger charge is -2.40. The van der Waals surface area contributed by atoms with Gasteiger partial charge in [0, 0.05) is 26.2 Å². The normalized spacial score (nSPS) is 22.1. The largest absolute Gasteiger partial charge is 0.317 e. The number of benzene rings is 1. The van der Waals surface area contributed by atoms with Gasteiger partial charge in [0.2, 0.25) is 5.91 Å². The van der Waals surface area contributed by atoms with Crippen LogP contribution in [-0.2, 0) is 10.2 Å². The summed E-state index contributed by atoms with van der Waals surface area (Å²) in [6.07, 6.45) is 1.72. The molecule has 128 valence electrons. The molecule has 0 aliphatic carbocycles. The van der Waals surface area contributed by atoms with Crippen LogP contribution in [0.15, 0.2) is 30.3 Å². The van der Waals surface area contributed by atoms with Gasteiger partial charge >= 0.3 is 0 Å². The van der Waals surface area contributed by atoms with Crippen molar-refractivity contribution in [2.45, 2.75) is 18.3 Å². The number of piperidine rings is 1. The SMILES string of the molecule is CN1CCN(NC(=O)C2(c3ccccc3)CCNCC2)CC1.Cl. The Morgan fingerprint density at radius 2 is 1.70 bits per heavy atom. The number of nitrogens with one attached hydrogen (secondary N) is 2. The first-order valence-electron chi connectivity index (χ1n) is 8.21. The zero-order valence-electron chi connectivity index (χ0n) is 13.8.